The number of fused-ring (bicyclic) bond motifs is 3. The summed E-state index contributed by atoms with van der Waals surface area (Å²) in [6.45, 7) is 19.4. The first-order valence-corrected chi connectivity index (χ1v) is 12.0. The highest BCUT2D eigenvalue weighted by Gasteiger charge is 2.37. The predicted octanol–water partition coefficient (Wildman–Crippen LogP) is 2.99. The van der Waals surface area contributed by atoms with Crippen molar-refractivity contribution in [2.24, 2.45) is 10.2 Å². The molecule has 1 aromatic heterocycles. The predicted molar refractivity (Wildman–Crippen MR) is 123 cm³/mol. The number of anilines is 1. The van der Waals surface area contributed by atoms with Crippen LogP contribution in [0.5, 0.6) is 0 Å². The van der Waals surface area contributed by atoms with Gasteiger partial charge >= 0.3 is 5.95 Å². The van der Waals surface area contributed by atoms with Gasteiger partial charge in [-0.15, -0.1) is 4.68 Å². The zero-order chi connectivity index (χ0) is 21.7. The standard InChI is InChI=1S/C23H38N8/c1-4-28(12-7-16-31-17-13-27(14-18-31)15-19-31)22-10-8-21(9-11-22)25-26-23-29(5-2)20-24-30(23)6-3/h8-11,20H,4-7,12-19H2,1-3H3/q+2. The van der Waals surface area contributed by atoms with Gasteiger partial charge in [0.25, 0.3) is 0 Å². The topological polar surface area (TPSA) is 52.9 Å². The Morgan fingerprint density at radius 2 is 1.74 bits per heavy atom. The molecule has 8 nitrogen and oxygen atoms in total. The molecule has 3 saturated heterocycles. The van der Waals surface area contributed by atoms with E-state index in [2.05, 4.69) is 70.2 Å². The van der Waals surface area contributed by atoms with Gasteiger partial charge in [-0.05, 0) is 45.0 Å². The Balaban J connectivity index is 1.34. The van der Waals surface area contributed by atoms with Crippen LogP contribution < -0.4 is 9.58 Å². The molecule has 2 bridgehead atoms. The van der Waals surface area contributed by atoms with Crippen LogP contribution in [-0.4, -0.2) is 78.0 Å². The molecule has 0 N–H and O–H groups in total. The Morgan fingerprint density at radius 3 is 2.35 bits per heavy atom. The summed E-state index contributed by atoms with van der Waals surface area (Å²) in [6.07, 6.45) is 3.07. The Kier molecular flexibility index (Phi) is 6.97. The van der Waals surface area contributed by atoms with Crippen LogP contribution >= 0.6 is 0 Å². The van der Waals surface area contributed by atoms with Crippen molar-refractivity contribution >= 4 is 17.3 Å². The summed E-state index contributed by atoms with van der Waals surface area (Å²) in [4.78, 5) is 5.10. The number of aromatic nitrogens is 3. The summed E-state index contributed by atoms with van der Waals surface area (Å²) in [5, 5.41) is 13.3. The molecule has 3 fully saturated rings. The highest BCUT2D eigenvalue weighted by Crippen LogP contribution is 2.23. The first-order valence-electron chi connectivity index (χ1n) is 12.0. The normalized spacial score (nSPS) is 23.0. The van der Waals surface area contributed by atoms with Gasteiger partial charge in [-0.1, -0.05) is 10.2 Å². The van der Waals surface area contributed by atoms with Crippen molar-refractivity contribution in [2.45, 2.75) is 40.3 Å². The van der Waals surface area contributed by atoms with Crippen LogP contribution in [0.4, 0.5) is 17.3 Å². The van der Waals surface area contributed by atoms with Crippen LogP contribution in [0.3, 0.4) is 0 Å². The maximum absolute atomic E-state index is 4.46. The van der Waals surface area contributed by atoms with Crippen LogP contribution in [-0.2, 0) is 13.1 Å². The van der Waals surface area contributed by atoms with Gasteiger partial charge in [0.2, 0.25) is 0 Å². The fourth-order valence-electron chi connectivity index (χ4n) is 4.90. The van der Waals surface area contributed by atoms with Crippen LogP contribution in [0, 0.1) is 0 Å². The molecule has 5 rings (SSSR count). The molecule has 8 heteroatoms. The van der Waals surface area contributed by atoms with E-state index in [-0.39, 0.29) is 0 Å². The molecule has 0 amide bonds. The van der Waals surface area contributed by atoms with Crippen LogP contribution in [0.15, 0.2) is 40.8 Å². The van der Waals surface area contributed by atoms with E-state index in [9.17, 15) is 0 Å². The van der Waals surface area contributed by atoms with Gasteiger partial charge in [0.05, 0.1) is 39.3 Å². The number of rotatable bonds is 10. The molecule has 1 aromatic carbocycles. The van der Waals surface area contributed by atoms with Gasteiger partial charge in [0, 0.05) is 49.9 Å². The molecule has 0 radical (unpaired) electrons. The molecule has 4 heterocycles. The van der Waals surface area contributed by atoms with Crippen molar-refractivity contribution in [3.05, 3.63) is 30.6 Å². The minimum absolute atomic E-state index is 0.782. The number of azo groups is 1. The van der Waals surface area contributed by atoms with Gasteiger partial charge in [-0.25, -0.2) is 4.57 Å². The first kappa shape index (κ1) is 21.9. The third-order valence-electron chi connectivity index (χ3n) is 7.04. The van der Waals surface area contributed by atoms with Crippen LogP contribution in [0.2, 0.25) is 0 Å². The summed E-state index contributed by atoms with van der Waals surface area (Å²) in [5.41, 5.74) is 2.14. The molecule has 0 atom stereocenters. The molecule has 168 valence electrons. The molecule has 3 aliphatic rings. The molecule has 0 aliphatic carbocycles. The third-order valence-corrected chi connectivity index (χ3v) is 7.04. The van der Waals surface area contributed by atoms with Gasteiger partial charge in [-0.2, -0.15) is 0 Å². The van der Waals surface area contributed by atoms with Crippen LogP contribution in [0.25, 0.3) is 0 Å². The highest BCUT2D eigenvalue weighted by atomic mass is 15.5. The molecular weight excluding hydrogens is 388 g/mol. The Bertz CT molecular complexity index is 829. The monoisotopic (exact) mass is 426 g/mol. The summed E-state index contributed by atoms with van der Waals surface area (Å²) >= 11 is 0. The van der Waals surface area contributed by atoms with E-state index >= 15 is 0 Å². The summed E-state index contributed by atoms with van der Waals surface area (Å²) in [5.74, 6) is 0.787. The van der Waals surface area contributed by atoms with Crippen LogP contribution in [0.1, 0.15) is 27.2 Å². The second-order valence-corrected chi connectivity index (χ2v) is 8.76. The van der Waals surface area contributed by atoms with Crippen molar-refractivity contribution in [3.8, 4) is 0 Å². The van der Waals surface area contributed by atoms with Gasteiger partial charge in [-0.3, -0.25) is 4.90 Å². The van der Waals surface area contributed by atoms with Crippen molar-refractivity contribution in [1.82, 2.24) is 14.6 Å². The summed E-state index contributed by atoms with van der Waals surface area (Å²) in [7, 11) is 0. The fourth-order valence-corrected chi connectivity index (χ4v) is 4.90. The number of hydrogen-bond acceptors (Lipinski definition) is 5. The molecule has 0 unspecified atom stereocenters. The minimum atomic E-state index is 0.782. The Labute approximate surface area is 186 Å². The molecule has 2 aromatic rings. The lowest BCUT2D eigenvalue weighted by molar-refractivity contribution is -0.941. The third kappa shape index (κ3) is 4.96. The van der Waals surface area contributed by atoms with E-state index in [1.807, 2.05) is 15.6 Å². The number of hydrogen-bond donors (Lipinski definition) is 0. The van der Waals surface area contributed by atoms with E-state index in [0.29, 0.717) is 0 Å². The summed E-state index contributed by atoms with van der Waals surface area (Å²) < 4.78 is 5.22. The lowest BCUT2D eigenvalue weighted by Crippen LogP contribution is -2.67. The minimum Gasteiger partial charge on any atom is -0.372 e. The second-order valence-electron chi connectivity index (χ2n) is 8.76. The van der Waals surface area contributed by atoms with Gasteiger partial charge in [0.1, 0.15) is 5.69 Å². The fraction of sp³-hybridized carbons (Fsp3) is 0.652. The first-order chi connectivity index (χ1) is 15.2. The second kappa shape index (κ2) is 9.87. The molecule has 3 aliphatic heterocycles. The highest BCUT2D eigenvalue weighted by molar-refractivity contribution is 5.52. The maximum Gasteiger partial charge on any atom is 0.441 e. The van der Waals surface area contributed by atoms with E-state index in [1.54, 1.807) is 0 Å². The SMILES string of the molecule is CCN(CCC[N+]12CCN(CC1)CC2)c1ccc(/N=N/c2n(CC)cn[n+]2CC)cc1. The molecular formula is C23H38N8+2. The number of benzene rings is 1. The van der Waals surface area contributed by atoms with E-state index in [4.69, 9.17) is 0 Å². The van der Waals surface area contributed by atoms with Crippen molar-refractivity contribution in [1.29, 1.82) is 0 Å². The van der Waals surface area contributed by atoms with Gasteiger partial charge in [0.15, 0.2) is 6.33 Å². The van der Waals surface area contributed by atoms with E-state index < -0.39 is 0 Å². The zero-order valence-electron chi connectivity index (χ0n) is 19.4. The maximum atomic E-state index is 4.46. The number of quaternary nitrogens is 1. The lowest BCUT2D eigenvalue weighted by atomic mass is 10.1. The van der Waals surface area contributed by atoms with Gasteiger partial charge < -0.3 is 9.38 Å². The Hall–Kier alpha value is -2.32. The van der Waals surface area contributed by atoms with Crippen molar-refractivity contribution < 1.29 is 9.16 Å². The molecule has 31 heavy (non-hydrogen) atoms. The van der Waals surface area contributed by atoms with E-state index in [0.717, 1.165) is 37.8 Å². The number of piperazine rings is 3. The molecule has 0 saturated carbocycles. The quantitative estimate of drug-likeness (QED) is 0.333. The zero-order valence-corrected chi connectivity index (χ0v) is 19.4. The van der Waals surface area contributed by atoms with Crippen molar-refractivity contribution in [2.75, 3.05) is 63.8 Å². The number of aryl methyl sites for hydroxylation is 2. The molecule has 0 spiro atoms. The smallest absolute Gasteiger partial charge is 0.372 e. The largest absolute Gasteiger partial charge is 0.441 e. The average Bonchev–Trinajstić information content (AvgIpc) is 3.24. The average molecular weight is 427 g/mol. The number of nitrogens with zero attached hydrogens (tertiary/aromatic N) is 8. The lowest BCUT2D eigenvalue weighted by Gasteiger charge is -2.50. The summed E-state index contributed by atoms with van der Waals surface area (Å²) in [6, 6.07) is 8.48. The Morgan fingerprint density at radius 1 is 1.03 bits per heavy atom. The van der Waals surface area contributed by atoms with Crippen molar-refractivity contribution in [3.63, 3.8) is 0 Å². The van der Waals surface area contributed by atoms with E-state index in [1.165, 1.54) is 62.4 Å².